The summed E-state index contributed by atoms with van der Waals surface area (Å²) in [5, 5.41) is 11.2. The molecule has 0 aliphatic heterocycles. The molecule has 1 fully saturated rings. The van der Waals surface area contributed by atoms with Gasteiger partial charge >= 0.3 is 12.1 Å². The normalized spacial score (nSPS) is 19.8. The van der Waals surface area contributed by atoms with Crippen molar-refractivity contribution in [2.75, 3.05) is 6.54 Å². The number of aliphatic carboxylic acids is 1. The molecular formula is C15H12F3NO3. The van der Waals surface area contributed by atoms with Gasteiger partial charge < -0.3 is 10.4 Å². The van der Waals surface area contributed by atoms with E-state index in [0.29, 0.717) is 12.0 Å². The minimum Gasteiger partial charge on any atom is -0.481 e. The van der Waals surface area contributed by atoms with E-state index in [4.69, 9.17) is 5.11 Å². The van der Waals surface area contributed by atoms with Crippen molar-refractivity contribution in [2.45, 2.75) is 12.6 Å². The van der Waals surface area contributed by atoms with E-state index in [9.17, 15) is 22.8 Å². The highest BCUT2D eigenvalue weighted by Gasteiger charge is 2.48. The Morgan fingerprint density at radius 1 is 1.23 bits per heavy atom. The van der Waals surface area contributed by atoms with Crippen molar-refractivity contribution in [3.63, 3.8) is 0 Å². The number of hydrogen-bond donors (Lipinski definition) is 2. The molecule has 0 spiro atoms. The quantitative estimate of drug-likeness (QED) is 0.838. The molecule has 2 N–H and O–H groups in total. The van der Waals surface area contributed by atoms with Crippen molar-refractivity contribution < 1.29 is 27.9 Å². The molecule has 22 heavy (non-hydrogen) atoms. The Bertz CT molecular complexity index is 641. The first-order valence-corrected chi connectivity index (χ1v) is 6.45. The number of hydrogen-bond acceptors (Lipinski definition) is 2. The summed E-state index contributed by atoms with van der Waals surface area (Å²) in [5.41, 5.74) is -0.350. The van der Waals surface area contributed by atoms with Gasteiger partial charge in [0.05, 0.1) is 23.9 Å². The van der Waals surface area contributed by atoms with Crippen LogP contribution in [0.2, 0.25) is 0 Å². The summed E-state index contributed by atoms with van der Waals surface area (Å²) in [5.74, 6) is 2.74. The van der Waals surface area contributed by atoms with Crippen LogP contribution in [0.3, 0.4) is 0 Å². The van der Waals surface area contributed by atoms with E-state index in [1.54, 1.807) is 0 Å². The smallest absolute Gasteiger partial charge is 0.416 e. The molecule has 2 unspecified atom stereocenters. The Morgan fingerprint density at radius 2 is 1.86 bits per heavy atom. The van der Waals surface area contributed by atoms with Crippen molar-refractivity contribution in [3.05, 3.63) is 35.4 Å². The molecule has 0 radical (unpaired) electrons. The molecule has 1 aliphatic carbocycles. The van der Waals surface area contributed by atoms with Gasteiger partial charge in [0.1, 0.15) is 0 Å². The topological polar surface area (TPSA) is 66.4 Å². The zero-order valence-corrected chi connectivity index (χ0v) is 11.3. The highest BCUT2D eigenvalue weighted by atomic mass is 19.4. The Balaban J connectivity index is 1.82. The number of carbonyl (C=O) groups is 2. The monoisotopic (exact) mass is 311 g/mol. The fourth-order valence-electron chi connectivity index (χ4n) is 1.91. The third-order valence-corrected chi connectivity index (χ3v) is 3.24. The standard InChI is InChI=1S/C15H12F3NO3/c16-15(17,18)10-5-3-9(4-6-10)2-1-7-19-13(20)11-8-12(11)14(21)22/h3-6,11-12H,7-8H2,(H,19,20)(H,21,22). The zero-order valence-electron chi connectivity index (χ0n) is 11.3. The molecule has 1 aliphatic rings. The maximum Gasteiger partial charge on any atom is 0.416 e. The number of carboxylic acid groups (broad SMARTS) is 1. The molecule has 1 aromatic carbocycles. The predicted molar refractivity (Wildman–Crippen MR) is 70.6 cm³/mol. The van der Waals surface area contributed by atoms with Crippen LogP contribution in [0.5, 0.6) is 0 Å². The SMILES string of the molecule is O=C(O)C1CC1C(=O)NCC#Cc1ccc(C(F)(F)F)cc1. The van der Waals surface area contributed by atoms with E-state index in [-0.39, 0.29) is 12.5 Å². The third-order valence-electron chi connectivity index (χ3n) is 3.24. The van der Waals surface area contributed by atoms with Gasteiger partial charge in [0, 0.05) is 5.56 Å². The van der Waals surface area contributed by atoms with Crippen molar-refractivity contribution in [1.82, 2.24) is 5.32 Å². The second kappa shape index (κ2) is 6.10. The highest BCUT2D eigenvalue weighted by molar-refractivity contribution is 5.89. The molecule has 0 aromatic heterocycles. The van der Waals surface area contributed by atoms with Crippen LogP contribution in [-0.4, -0.2) is 23.5 Å². The lowest BCUT2D eigenvalue weighted by molar-refractivity contribution is -0.140. The molecule has 0 saturated heterocycles. The van der Waals surface area contributed by atoms with E-state index in [1.807, 2.05) is 0 Å². The van der Waals surface area contributed by atoms with Gasteiger partial charge in [0.15, 0.2) is 0 Å². The van der Waals surface area contributed by atoms with Crippen molar-refractivity contribution in [2.24, 2.45) is 11.8 Å². The summed E-state index contributed by atoms with van der Waals surface area (Å²) in [6.45, 7) is 0.0166. The van der Waals surface area contributed by atoms with Gasteiger partial charge in [-0.3, -0.25) is 9.59 Å². The maximum atomic E-state index is 12.4. The van der Waals surface area contributed by atoms with Gasteiger partial charge in [0.25, 0.3) is 0 Å². The van der Waals surface area contributed by atoms with Gasteiger partial charge in [-0.2, -0.15) is 13.2 Å². The Hall–Kier alpha value is -2.49. The summed E-state index contributed by atoms with van der Waals surface area (Å²) in [6, 6.07) is 4.37. The van der Waals surface area contributed by atoms with Crippen molar-refractivity contribution >= 4 is 11.9 Å². The van der Waals surface area contributed by atoms with Crippen LogP contribution in [0.4, 0.5) is 13.2 Å². The number of nitrogens with one attached hydrogen (secondary N) is 1. The third kappa shape index (κ3) is 4.01. The van der Waals surface area contributed by atoms with Gasteiger partial charge in [-0.15, -0.1) is 0 Å². The lowest BCUT2D eigenvalue weighted by Gasteiger charge is -2.05. The van der Waals surface area contributed by atoms with Gasteiger partial charge in [-0.25, -0.2) is 0 Å². The molecule has 1 saturated carbocycles. The first-order chi connectivity index (χ1) is 10.3. The predicted octanol–water partition coefficient (Wildman–Crippen LogP) is 1.89. The summed E-state index contributed by atoms with van der Waals surface area (Å²) in [4.78, 5) is 22.1. The van der Waals surface area contributed by atoms with Gasteiger partial charge in [-0.1, -0.05) is 11.8 Å². The summed E-state index contributed by atoms with van der Waals surface area (Å²) < 4.78 is 37.1. The lowest BCUT2D eigenvalue weighted by atomic mass is 10.1. The van der Waals surface area contributed by atoms with E-state index < -0.39 is 29.5 Å². The lowest BCUT2D eigenvalue weighted by Crippen LogP contribution is -2.26. The Kier molecular flexibility index (Phi) is 4.40. The van der Waals surface area contributed by atoms with E-state index in [2.05, 4.69) is 17.2 Å². The van der Waals surface area contributed by atoms with Crippen molar-refractivity contribution in [1.29, 1.82) is 0 Å². The maximum absolute atomic E-state index is 12.4. The molecule has 1 aromatic rings. The van der Waals surface area contributed by atoms with Crippen LogP contribution in [0.15, 0.2) is 24.3 Å². The first-order valence-electron chi connectivity index (χ1n) is 6.45. The molecule has 2 rings (SSSR count). The van der Waals surface area contributed by atoms with E-state index >= 15 is 0 Å². The molecule has 7 heteroatoms. The fraction of sp³-hybridized carbons (Fsp3) is 0.333. The average molecular weight is 311 g/mol. The van der Waals surface area contributed by atoms with Crippen LogP contribution >= 0.6 is 0 Å². The van der Waals surface area contributed by atoms with Crippen LogP contribution < -0.4 is 5.32 Å². The zero-order chi connectivity index (χ0) is 16.3. The molecular weight excluding hydrogens is 299 g/mol. The highest BCUT2D eigenvalue weighted by Crippen LogP contribution is 2.38. The largest absolute Gasteiger partial charge is 0.481 e. The minimum atomic E-state index is -4.38. The van der Waals surface area contributed by atoms with Crippen molar-refractivity contribution in [3.8, 4) is 11.8 Å². The number of benzene rings is 1. The van der Waals surface area contributed by atoms with Gasteiger partial charge in [-0.05, 0) is 30.7 Å². The van der Waals surface area contributed by atoms with E-state index in [1.165, 1.54) is 12.1 Å². The second-order valence-electron chi connectivity index (χ2n) is 4.88. The number of alkyl halides is 3. The number of halogens is 3. The Morgan fingerprint density at radius 3 is 2.36 bits per heavy atom. The van der Waals surface area contributed by atoms with Crippen LogP contribution in [0, 0.1) is 23.7 Å². The molecule has 0 bridgehead atoms. The van der Waals surface area contributed by atoms with Crippen LogP contribution in [-0.2, 0) is 15.8 Å². The number of carboxylic acids is 1. The first kappa shape index (κ1) is 15.9. The molecule has 4 nitrogen and oxygen atoms in total. The number of carbonyl (C=O) groups excluding carboxylic acids is 1. The van der Waals surface area contributed by atoms with E-state index in [0.717, 1.165) is 12.1 Å². The summed E-state index contributed by atoms with van der Waals surface area (Å²) in [6.07, 6.45) is -4.06. The van der Waals surface area contributed by atoms with Crippen LogP contribution in [0.25, 0.3) is 0 Å². The average Bonchev–Trinajstić information content (AvgIpc) is 3.23. The summed E-state index contributed by atoms with van der Waals surface area (Å²) >= 11 is 0. The fourth-order valence-corrected chi connectivity index (χ4v) is 1.91. The number of amides is 1. The molecule has 0 heterocycles. The minimum absolute atomic E-state index is 0.0166. The van der Waals surface area contributed by atoms with Crippen LogP contribution in [0.1, 0.15) is 17.5 Å². The second-order valence-corrected chi connectivity index (χ2v) is 4.88. The van der Waals surface area contributed by atoms with Gasteiger partial charge in [0.2, 0.25) is 5.91 Å². The molecule has 116 valence electrons. The molecule has 1 amide bonds. The number of rotatable bonds is 3. The molecule has 2 atom stereocenters. The Labute approximate surface area is 124 Å². The summed E-state index contributed by atoms with van der Waals surface area (Å²) in [7, 11) is 0.